The Morgan fingerprint density at radius 1 is 0.759 bits per heavy atom. The second kappa shape index (κ2) is 27.3. The molecular formula is C25H44N2O2. The topological polar surface area (TPSA) is 50.4 Å². The summed E-state index contributed by atoms with van der Waals surface area (Å²) in [4.78, 5) is 11.1. The molecule has 0 aliphatic carbocycles. The fraction of sp³-hybridized carbons (Fsp3) is 0.400. The number of hydrogen-bond acceptors (Lipinski definition) is 2. The van der Waals surface area contributed by atoms with Crippen molar-refractivity contribution < 1.29 is 9.53 Å². The van der Waals surface area contributed by atoms with Gasteiger partial charge in [0.2, 0.25) is 0 Å². The van der Waals surface area contributed by atoms with Crippen LogP contribution in [0.15, 0.2) is 48.5 Å². The quantitative estimate of drug-likeness (QED) is 0.507. The molecule has 0 bridgehead atoms. The number of urea groups is 1. The van der Waals surface area contributed by atoms with E-state index in [0.29, 0.717) is 0 Å². The molecule has 0 saturated carbocycles. The highest BCUT2D eigenvalue weighted by molar-refractivity contribution is 5.88. The standard InChI is InChI=1S/C15H16N2O2.3C2H6.C2H2.2CH4/c1-11-3-7-13(8-4-11)19-14-9-5-12(6-10-14)17-15(18)16-2;4*1-2;;/h3-10H,1-2H3,(H2,16,17,18);3*1-2H3;1-2H;2*1H4. The van der Waals surface area contributed by atoms with Crippen LogP contribution < -0.4 is 15.4 Å². The van der Waals surface area contributed by atoms with E-state index >= 15 is 0 Å². The normalized spacial score (nSPS) is 7.10. The summed E-state index contributed by atoms with van der Waals surface area (Å²) < 4.78 is 5.69. The van der Waals surface area contributed by atoms with Gasteiger partial charge in [0.25, 0.3) is 0 Å². The van der Waals surface area contributed by atoms with Gasteiger partial charge in [-0.25, -0.2) is 4.79 Å². The minimum atomic E-state index is -0.243. The lowest BCUT2D eigenvalue weighted by molar-refractivity contribution is 0.254. The SMILES string of the molecule is C.C.C#C.CC.CC.CC.CNC(=O)Nc1ccc(Oc2ccc(C)cc2)cc1. The maximum atomic E-state index is 11.1. The number of benzene rings is 2. The highest BCUT2D eigenvalue weighted by Gasteiger charge is 2.00. The van der Waals surface area contributed by atoms with E-state index in [-0.39, 0.29) is 20.9 Å². The molecule has 0 heterocycles. The molecule has 4 heteroatoms. The average molecular weight is 405 g/mol. The van der Waals surface area contributed by atoms with E-state index in [1.54, 1.807) is 19.2 Å². The Morgan fingerprint density at radius 2 is 1.10 bits per heavy atom. The lowest BCUT2D eigenvalue weighted by Crippen LogP contribution is -2.24. The third-order valence-electron chi connectivity index (χ3n) is 2.60. The van der Waals surface area contributed by atoms with Gasteiger partial charge < -0.3 is 15.4 Å². The first-order valence-electron chi connectivity index (χ1n) is 9.34. The number of ether oxygens (including phenoxy) is 1. The van der Waals surface area contributed by atoms with Crippen molar-refractivity contribution in [3.05, 3.63) is 54.1 Å². The van der Waals surface area contributed by atoms with Gasteiger partial charge >= 0.3 is 6.03 Å². The summed E-state index contributed by atoms with van der Waals surface area (Å²) in [5.74, 6) is 1.52. The average Bonchev–Trinajstić information content (AvgIpc) is 2.77. The lowest BCUT2D eigenvalue weighted by Gasteiger charge is -2.08. The van der Waals surface area contributed by atoms with E-state index in [2.05, 4.69) is 23.5 Å². The highest BCUT2D eigenvalue weighted by Crippen LogP contribution is 2.23. The molecule has 0 saturated heterocycles. The number of hydrogen-bond donors (Lipinski definition) is 2. The first kappa shape index (κ1) is 36.9. The van der Waals surface area contributed by atoms with Crippen molar-refractivity contribution in [2.45, 2.75) is 63.3 Å². The Hall–Kier alpha value is -2.93. The number of amides is 2. The fourth-order valence-electron chi connectivity index (χ4n) is 1.54. The van der Waals surface area contributed by atoms with Crippen LogP contribution in [0.1, 0.15) is 62.0 Å². The summed E-state index contributed by atoms with van der Waals surface area (Å²) in [7, 11) is 1.57. The van der Waals surface area contributed by atoms with Crippen LogP contribution in [-0.4, -0.2) is 13.1 Å². The van der Waals surface area contributed by atoms with Crippen LogP contribution in [0, 0.1) is 19.8 Å². The van der Waals surface area contributed by atoms with Crippen LogP contribution >= 0.6 is 0 Å². The zero-order chi connectivity index (χ0) is 21.7. The summed E-state index contributed by atoms with van der Waals surface area (Å²) in [5.41, 5.74) is 1.91. The number of anilines is 1. The minimum absolute atomic E-state index is 0. The van der Waals surface area contributed by atoms with Gasteiger partial charge in [0.15, 0.2) is 0 Å². The van der Waals surface area contributed by atoms with Crippen LogP contribution in [0.25, 0.3) is 0 Å². The second-order valence-electron chi connectivity index (χ2n) is 4.14. The molecule has 4 nitrogen and oxygen atoms in total. The summed E-state index contributed by atoms with van der Waals surface area (Å²) >= 11 is 0. The van der Waals surface area contributed by atoms with Crippen LogP contribution in [0.3, 0.4) is 0 Å². The zero-order valence-corrected chi connectivity index (χ0v) is 18.1. The fourth-order valence-corrected chi connectivity index (χ4v) is 1.54. The molecule has 2 N–H and O–H groups in total. The predicted molar refractivity (Wildman–Crippen MR) is 133 cm³/mol. The summed E-state index contributed by atoms with van der Waals surface area (Å²) in [6, 6.07) is 14.8. The van der Waals surface area contributed by atoms with Crippen molar-refractivity contribution in [1.29, 1.82) is 0 Å². The van der Waals surface area contributed by atoms with Gasteiger partial charge in [-0.2, -0.15) is 0 Å². The number of rotatable bonds is 3. The first-order chi connectivity index (χ1) is 13.2. The largest absolute Gasteiger partial charge is 0.457 e. The molecule has 0 spiro atoms. The highest BCUT2D eigenvalue weighted by atomic mass is 16.5. The molecule has 166 valence electrons. The van der Waals surface area contributed by atoms with Crippen molar-refractivity contribution in [2.75, 3.05) is 12.4 Å². The third-order valence-corrected chi connectivity index (χ3v) is 2.60. The monoisotopic (exact) mass is 404 g/mol. The predicted octanol–water partition coefficient (Wildman–Crippen LogP) is 8.14. The van der Waals surface area contributed by atoms with Crippen molar-refractivity contribution in [3.63, 3.8) is 0 Å². The maximum absolute atomic E-state index is 11.1. The van der Waals surface area contributed by atoms with Gasteiger partial charge in [0.1, 0.15) is 11.5 Å². The molecule has 2 aromatic carbocycles. The Kier molecular flexibility index (Phi) is 34.7. The second-order valence-corrected chi connectivity index (χ2v) is 4.14. The number of carbonyl (C=O) groups excluding carboxylic acids is 1. The zero-order valence-electron chi connectivity index (χ0n) is 18.1. The molecule has 0 radical (unpaired) electrons. The van der Waals surface area contributed by atoms with Crippen LogP contribution in [0.5, 0.6) is 11.5 Å². The molecule has 0 unspecified atom stereocenters. The smallest absolute Gasteiger partial charge is 0.318 e. The van der Waals surface area contributed by atoms with Gasteiger partial charge in [-0.1, -0.05) is 74.1 Å². The summed E-state index contributed by atoms with van der Waals surface area (Å²) in [6.45, 7) is 14.0. The molecule has 2 amide bonds. The van der Waals surface area contributed by atoms with Crippen LogP contribution in [-0.2, 0) is 0 Å². The van der Waals surface area contributed by atoms with E-state index in [1.807, 2.05) is 84.9 Å². The van der Waals surface area contributed by atoms with Gasteiger partial charge in [-0.15, -0.1) is 12.8 Å². The van der Waals surface area contributed by atoms with Crippen molar-refractivity contribution in [3.8, 4) is 24.3 Å². The van der Waals surface area contributed by atoms with Crippen molar-refractivity contribution in [1.82, 2.24) is 5.32 Å². The molecule has 0 aromatic heterocycles. The molecule has 0 aliphatic rings. The van der Waals surface area contributed by atoms with E-state index in [0.717, 1.165) is 17.2 Å². The molecule has 2 aromatic rings. The maximum Gasteiger partial charge on any atom is 0.318 e. The molecule has 0 atom stereocenters. The van der Waals surface area contributed by atoms with Crippen LogP contribution in [0.4, 0.5) is 10.5 Å². The number of terminal acetylenes is 1. The van der Waals surface area contributed by atoms with Crippen molar-refractivity contribution >= 4 is 11.7 Å². The minimum Gasteiger partial charge on any atom is -0.457 e. The summed E-state index contributed by atoms with van der Waals surface area (Å²) in [5, 5.41) is 5.18. The van der Waals surface area contributed by atoms with Crippen molar-refractivity contribution in [2.24, 2.45) is 0 Å². The molecule has 0 fully saturated rings. The van der Waals surface area contributed by atoms with Crippen LogP contribution in [0.2, 0.25) is 0 Å². The van der Waals surface area contributed by atoms with E-state index < -0.39 is 0 Å². The lowest BCUT2D eigenvalue weighted by atomic mass is 10.2. The van der Waals surface area contributed by atoms with E-state index in [4.69, 9.17) is 4.74 Å². The molecule has 29 heavy (non-hydrogen) atoms. The Bertz CT molecular complexity index is 588. The van der Waals surface area contributed by atoms with E-state index in [9.17, 15) is 4.79 Å². The van der Waals surface area contributed by atoms with Gasteiger partial charge in [-0.05, 0) is 43.3 Å². The van der Waals surface area contributed by atoms with Gasteiger partial charge in [-0.3, -0.25) is 0 Å². The molecular weight excluding hydrogens is 360 g/mol. The first-order valence-corrected chi connectivity index (χ1v) is 9.34. The Labute approximate surface area is 181 Å². The van der Waals surface area contributed by atoms with E-state index in [1.165, 1.54) is 5.56 Å². The number of aryl methyl sites for hydroxylation is 1. The number of nitrogens with one attached hydrogen (secondary N) is 2. The third kappa shape index (κ3) is 18.2. The molecule has 2 rings (SSSR count). The molecule has 0 aliphatic heterocycles. The van der Waals surface area contributed by atoms with Gasteiger partial charge in [0, 0.05) is 12.7 Å². The summed E-state index contributed by atoms with van der Waals surface area (Å²) in [6.07, 6.45) is 8.00. The number of carbonyl (C=O) groups is 1. The Morgan fingerprint density at radius 3 is 1.45 bits per heavy atom. The Balaban J connectivity index is -0.000000172. The van der Waals surface area contributed by atoms with Gasteiger partial charge in [0.05, 0.1) is 0 Å².